The van der Waals surface area contributed by atoms with Crippen molar-refractivity contribution >= 4 is 31.9 Å². The molecule has 1 rings (SSSR count). The molecule has 0 radical (unpaired) electrons. The third kappa shape index (κ3) is 2.84. The molecule has 0 fully saturated rings. The van der Waals surface area contributed by atoms with Gasteiger partial charge in [-0.25, -0.2) is 0 Å². The first-order valence-corrected chi connectivity index (χ1v) is 6.65. The maximum absolute atomic E-state index is 5.35. The molecule has 0 aliphatic carbocycles. The van der Waals surface area contributed by atoms with Crippen molar-refractivity contribution in [1.29, 1.82) is 0 Å². The maximum Gasteiger partial charge on any atom is 0.104 e. The van der Waals surface area contributed by atoms with Crippen LogP contribution in [0.5, 0.6) is 0 Å². The minimum absolute atomic E-state index is 0.290. The lowest BCUT2D eigenvalue weighted by molar-refractivity contribution is 0.337. The molecule has 1 aromatic heterocycles. The zero-order chi connectivity index (χ0) is 9.73. The van der Waals surface area contributed by atoms with Crippen molar-refractivity contribution in [3.05, 3.63) is 24.2 Å². The normalized spacial score (nSPS) is 11.9. The molecule has 1 aromatic rings. The molecule has 0 unspecified atom stereocenters. The molecule has 0 aliphatic rings. The average Bonchev–Trinajstić information content (AvgIpc) is 2.67. The van der Waals surface area contributed by atoms with E-state index in [1.165, 1.54) is 0 Å². The summed E-state index contributed by atoms with van der Waals surface area (Å²) >= 11 is 7.13. The van der Waals surface area contributed by atoms with Crippen LogP contribution in [0.3, 0.4) is 0 Å². The molecule has 0 saturated heterocycles. The van der Waals surface area contributed by atoms with E-state index in [1.807, 2.05) is 12.1 Å². The Bertz CT molecular complexity index is 219. The summed E-state index contributed by atoms with van der Waals surface area (Å²) in [5.74, 6) is 1.07. The largest absolute Gasteiger partial charge is 0.469 e. The number of hydrogen-bond donors (Lipinski definition) is 0. The van der Waals surface area contributed by atoms with E-state index in [0.29, 0.717) is 0 Å². The monoisotopic (exact) mass is 308 g/mol. The van der Waals surface area contributed by atoms with E-state index < -0.39 is 0 Å². The van der Waals surface area contributed by atoms with E-state index >= 15 is 0 Å². The van der Waals surface area contributed by atoms with Crippen LogP contribution in [0.2, 0.25) is 0 Å². The summed E-state index contributed by atoms with van der Waals surface area (Å²) in [6, 6.07) is 3.98. The average molecular weight is 310 g/mol. The van der Waals surface area contributed by atoms with E-state index in [-0.39, 0.29) is 5.41 Å². The molecule has 0 aromatic carbocycles. The molecular weight excluding hydrogens is 296 g/mol. The van der Waals surface area contributed by atoms with Crippen LogP contribution >= 0.6 is 31.9 Å². The minimum Gasteiger partial charge on any atom is -0.469 e. The molecule has 3 heteroatoms. The second-order valence-corrected chi connectivity index (χ2v) is 4.50. The lowest BCUT2D eigenvalue weighted by Gasteiger charge is -2.27. The van der Waals surface area contributed by atoms with Gasteiger partial charge in [0.15, 0.2) is 0 Å². The summed E-state index contributed by atoms with van der Waals surface area (Å²) in [7, 11) is 0. The number of rotatable bonds is 5. The fourth-order valence-corrected chi connectivity index (χ4v) is 3.35. The van der Waals surface area contributed by atoms with Gasteiger partial charge in [-0.15, -0.1) is 0 Å². The van der Waals surface area contributed by atoms with Gasteiger partial charge in [-0.05, 0) is 24.0 Å². The predicted octanol–water partition coefficient (Wildman–Crippen LogP) is 4.01. The number of halogens is 2. The lowest BCUT2D eigenvalue weighted by Crippen LogP contribution is -2.26. The molecule has 0 spiro atoms. The second kappa shape index (κ2) is 5.20. The first kappa shape index (κ1) is 11.3. The first-order chi connectivity index (χ1) is 6.26. The van der Waals surface area contributed by atoms with Crippen LogP contribution in [-0.2, 0) is 6.42 Å². The smallest absolute Gasteiger partial charge is 0.104 e. The van der Waals surface area contributed by atoms with Crippen molar-refractivity contribution in [2.24, 2.45) is 5.41 Å². The van der Waals surface area contributed by atoms with Gasteiger partial charge in [-0.1, -0.05) is 38.8 Å². The zero-order valence-corrected chi connectivity index (χ0v) is 10.9. The molecule has 1 nitrogen and oxygen atoms in total. The highest BCUT2D eigenvalue weighted by atomic mass is 79.9. The van der Waals surface area contributed by atoms with E-state index in [1.54, 1.807) is 6.26 Å². The van der Waals surface area contributed by atoms with Crippen molar-refractivity contribution in [2.45, 2.75) is 19.8 Å². The number of hydrogen-bond acceptors (Lipinski definition) is 1. The molecule has 0 amide bonds. The molecule has 0 bridgehead atoms. The highest BCUT2D eigenvalue weighted by molar-refractivity contribution is 9.09. The molecule has 0 aliphatic heterocycles. The van der Waals surface area contributed by atoms with E-state index in [4.69, 9.17) is 4.42 Å². The highest BCUT2D eigenvalue weighted by Crippen LogP contribution is 2.31. The Hall–Kier alpha value is 0.240. The van der Waals surface area contributed by atoms with Gasteiger partial charge >= 0.3 is 0 Å². The third-order valence-corrected chi connectivity index (χ3v) is 4.83. The SMILES string of the molecule is CCC(CBr)(CBr)Cc1ccco1. The third-order valence-electron chi connectivity index (χ3n) is 2.45. The Kier molecular flexibility index (Phi) is 4.53. The predicted molar refractivity (Wildman–Crippen MR) is 62.7 cm³/mol. The van der Waals surface area contributed by atoms with Crippen LogP contribution in [-0.4, -0.2) is 10.7 Å². The summed E-state index contributed by atoms with van der Waals surface area (Å²) in [6.07, 6.45) is 3.87. The van der Waals surface area contributed by atoms with Gasteiger partial charge in [0.2, 0.25) is 0 Å². The summed E-state index contributed by atoms with van der Waals surface area (Å²) in [4.78, 5) is 0. The molecule has 0 saturated carbocycles. The summed E-state index contributed by atoms with van der Waals surface area (Å²) in [5.41, 5.74) is 0.290. The topological polar surface area (TPSA) is 13.1 Å². The standard InChI is InChI=1S/C10H14Br2O/c1-2-10(7-11,8-12)6-9-4-3-5-13-9/h3-5H,2,6-8H2,1H3. The Labute approximate surface area is 96.2 Å². The van der Waals surface area contributed by atoms with Crippen LogP contribution in [0, 0.1) is 5.41 Å². The molecule has 0 N–H and O–H groups in total. The Balaban J connectivity index is 2.67. The fourth-order valence-electron chi connectivity index (χ4n) is 1.23. The summed E-state index contributed by atoms with van der Waals surface area (Å²) in [6.45, 7) is 2.21. The molecule has 1 heterocycles. The van der Waals surface area contributed by atoms with Gasteiger partial charge < -0.3 is 4.42 Å². The van der Waals surface area contributed by atoms with Crippen molar-refractivity contribution in [3.63, 3.8) is 0 Å². The van der Waals surface area contributed by atoms with Crippen LogP contribution in [0.15, 0.2) is 22.8 Å². The van der Waals surface area contributed by atoms with Crippen molar-refractivity contribution < 1.29 is 4.42 Å². The summed E-state index contributed by atoms with van der Waals surface area (Å²) in [5, 5.41) is 2.00. The zero-order valence-electron chi connectivity index (χ0n) is 7.72. The van der Waals surface area contributed by atoms with Gasteiger partial charge in [0.05, 0.1) is 6.26 Å². The van der Waals surface area contributed by atoms with Gasteiger partial charge in [0, 0.05) is 17.1 Å². The first-order valence-electron chi connectivity index (χ1n) is 4.40. The maximum atomic E-state index is 5.35. The van der Waals surface area contributed by atoms with Crippen molar-refractivity contribution in [1.82, 2.24) is 0 Å². The van der Waals surface area contributed by atoms with Crippen molar-refractivity contribution in [2.75, 3.05) is 10.7 Å². The quantitative estimate of drug-likeness (QED) is 0.749. The Morgan fingerprint density at radius 3 is 2.46 bits per heavy atom. The van der Waals surface area contributed by atoms with Crippen LogP contribution in [0.25, 0.3) is 0 Å². The van der Waals surface area contributed by atoms with E-state index in [9.17, 15) is 0 Å². The molecular formula is C10H14Br2O. The molecule has 13 heavy (non-hydrogen) atoms. The van der Waals surface area contributed by atoms with Gasteiger partial charge in [-0.3, -0.25) is 0 Å². The molecule has 0 atom stereocenters. The van der Waals surface area contributed by atoms with E-state index in [2.05, 4.69) is 38.8 Å². The minimum atomic E-state index is 0.290. The van der Waals surface area contributed by atoms with Gasteiger partial charge in [0.25, 0.3) is 0 Å². The van der Waals surface area contributed by atoms with Crippen LogP contribution < -0.4 is 0 Å². The highest BCUT2D eigenvalue weighted by Gasteiger charge is 2.27. The second-order valence-electron chi connectivity index (χ2n) is 3.38. The van der Waals surface area contributed by atoms with Crippen LogP contribution in [0.4, 0.5) is 0 Å². The van der Waals surface area contributed by atoms with Crippen molar-refractivity contribution in [3.8, 4) is 0 Å². The number of alkyl halides is 2. The van der Waals surface area contributed by atoms with E-state index in [0.717, 1.165) is 29.3 Å². The molecule has 74 valence electrons. The van der Waals surface area contributed by atoms with Gasteiger partial charge in [-0.2, -0.15) is 0 Å². The fraction of sp³-hybridized carbons (Fsp3) is 0.600. The Morgan fingerprint density at radius 1 is 1.38 bits per heavy atom. The van der Waals surface area contributed by atoms with Gasteiger partial charge in [0.1, 0.15) is 5.76 Å². The number of furan rings is 1. The lowest BCUT2D eigenvalue weighted by atomic mass is 9.85. The summed E-state index contributed by atoms with van der Waals surface area (Å²) < 4.78 is 5.35. The van der Waals surface area contributed by atoms with Crippen LogP contribution in [0.1, 0.15) is 19.1 Å². The Morgan fingerprint density at radius 2 is 2.08 bits per heavy atom.